The van der Waals surface area contributed by atoms with Gasteiger partial charge in [0.15, 0.2) is 0 Å². The number of hydrogen-bond acceptors (Lipinski definition) is 3. The van der Waals surface area contributed by atoms with Crippen molar-refractivity contribution < 1.29 is 9.18 Å². The molecule has 2 heterocycles. The Bertz CT molecular complexity index is 678. The second kappa shape index (κ2) is 11.8. The van der Waals surface area contributed by atoms with Crippen LogP contribution in [0.15, 0.2) is 48.8 Å². The fourth-order valence-electron chi connectivity index (χ4n) is 3.32. The Morgan fingerprint density at radius 1 is 1.22 bits per heavy atom. The molecule has 1 amide bonds. The first-order valence-electron chi connectivity index (χ1n) is 9.63. The molecule has 1 fully saturated rings. The molecule has 146 valence electrons. The molecule has 0 bridgehead atoms. The standard InChI is InChI=1S/C12H16N2OS.C10H13F/c15-12(9-16)14-7-2-1-5-11(14)10-4-3-6-13-8-10;1-2-3-9-4-6-10(8-11)7-5-9/h3-4,6,8,11,16H,1-2,5,7,9H2;4-7H,2-3,8H2,1H3. The fraction of sp³-hybridized carbons (Fsp3) is 0.455. The molecule has 0 spiro atoms. The number of amides is 1. The summed E-state index contributed by atoms with van der Waals surface area (Å²) in [5.74, 6) is 0.411. The van der Waals surface area contributed by atoms with Crippen molar-refractivity contribution in [1.82, 2.24) is 9.88 Å². The Balaban J connectivity index is 0.000000208. The molecule has 1 atom stereocenters. The molecule has 0 saturated carbocycles. The Morgan fingerprint density at radius 2 is 1.96 bits per heavy atom. The molecule has 0 aliphatic carbocycles. The van der Waals surface area contributed by atoms with Crippen LogP contribution in [0.5, 0.6) is 0 Å². The molecule has 0 radical (unpaired) electrons. The van der Waals surface area contributed by atoms with E-state index in [0.29, 0.717) is 0 Å². The first-order valence-corrected chi connectivity index (χ1v) is 10.3. The monoisotopic (exact) mass is 388 g/mol. The molecule has 2 aromatic rings. The number of alkyl halides is 1. The molecule has 1 unspecified atom stereocenters. The van der Waals surface area contributed by atoms with Crippen LogP contribution in [0.3, 0.4) is 0 Å². The smallest absolute Gasteiger partial charge is 0.232 e. The largest absolute Gasteiger partial charge is 0.335 e. The van der Waals surface area contributed by atoms with Gasteiger partial charge < -0.3 is 4.90 Å². The minimum atomic E-state index is -0.355. The Morgan fingerprint density at radius 3 is 2.56 bits per heavy atom. The van der Waals surface area contributed by atoms with Crippen LogP contribution in [0.1, 0.15) is 55.3 Å². The molecule has 1 saturated heterocycles. The van der Waals surface area contributed by atoms with Crippen LogP contribution in [0.2, 0.25) is 0 Å². The zero-order chi connectivity index (χ0) is 19.5. The van der Waals surface area contributed by atoms with Gasteiger partial charge in [-0.1, -0.05) is 43.7 Å². The summed E-state index contributed by atoms with van der Waals surface area (Å²) in [6.07, 6.45) is 9.16. The lowest BCUT2D eigenvalue weighted by molar-refractivity contribution is -0.132. The van der Waals surface area contributed by atoms with E-state index in [1.54, 1.807) is 6.20 Å². The van der Waals surface area contributed by atoms with Gasteiger partial charge in [-0.3, -0.25) is 9.78 Å². The third-order valence-electron chi connectivity index (χ3n) is 4.74. The van der Waals surface area contributed by atoms with E-state index in [2.05, 4.69) is 24.5 Å². The number of pyridine rings is 1. The van der Waals surface area contributed by atoms with Crippen molar-refractivity contribution in [2.24, 2.45) is 0 Å². The number of halogens is 1. The molecule has 1 aliphatic rings. The van der Waals surface area contributed by atoms with Gasteiger partial charge in [-0.2, -0.15) is 12.6 Å². The zero-order valence-corrected chi connectivity index (χ0v) is 16.9. The third kappa shape index (κ3) is 6.65. The topological polar surface area (TPSA) is 33.2 Å². The number of nitrogens with zero attached hydrogens (tertiary/aromatic N) is 2. The number of aryl methyl sites for hydroxylation is 1. The number of aromatic nitrogens is 1. The van der Waals surface area contributed by atoms with E-state index in [0.717, 1.165) is 43.4 Å². The van der Waals surface area contributed by atoms with Crippen LogP contribution < -0.4 is 0 Å². The van der Waals surface area contributed by atoms with Crippen molar-refractivity contribution in [3.8, 4) is 0 Å². The zero-order valence-electron chi connectivity index (χ0n) is 16.0. The highest BCUT2D eigenvalue weighted by Crippen LogP contribution is 2.30. The van der Waals surface area contributed by atoms with Crippen molar-refractivity contribution >= 4 is 18.5 Å². The third-order valence-corrected chi connectivity index (χ3v) is 5.01. The van der Waals surface area contributed by atoms with Crippen molar-refractivity contribution in [2.75, 3.05) is 12.3 Å². The average Bonchev–Trinajstić information content (AvgIpc) is 2.75. The predicted molar refractivity (Wildman–Crippen MR) is 112 cm³/mol. The van der Waals surface area contributed by atoms with Crippen LogP contribution >= 0.6 is 12.6 Å². The van der Waals surface area contributed by atoms with Crippen molar-refractivity contribution in [2.45, 2.75) is 51.7 Å². The lowest BCUT2D eigenvalue weighted by Crippen LogP contribution is -2.39. The summed E-state index contributed by atoms with van der Waals surface area (Å²) in [5, 5.41) is 0. The fourth-order valence-corrected chi connectivity index (χ4v) is 3.51. The molecule has 1 aliphatic heterocycles. The summed E-state index contributed by atoms with van der Waals surface area (Å²) >= 11 is 4.07. The van der Waals surface area contributed by atoms with E-state index >= 15 is 0 Å². The molecule has 1 aromatic heterocycles. The van der Waals surface area contributed by atoms with Gasteiger partial charge in [-0.15, -0.1) is 0 Å². The van der Waals surface area contributed by atoms with E-state index in [1.165, 1.54) is 12.0 Å². The molecule has 0 N–H and O–H groups in total. The maximum atomic E-state index is 12.0. The predicted octanol–water partition coefficient (Wildman–Crippen LogP) is 5.17. The van der Waals surface area contributed by atoms with Gasteiger partial charge in [0.25, 0.3) is 0 Å². The minimum absolute atomic E-state index is 0.122. The molecule has 27 heavy (non-hydrogen) atoms. The number of benzene rings is 1. The normalized spacial score (nSPS) is 16.4. The SMILES string of the molecule is CCCc1ccc(CF)cc1.O=C(CS)N1CCCCC1c1cccnc1. The highest BCUT2D eigenvalue weighted by atomic mass is 32.1. The Hall–Kier alpha value is -1.88. The first-order chi connectivity index (χ1) is 13.2. The molecular formula is C22H29FN2OS. The lowest BCUT2D eigenvalue weighted by atomic mass is 9.96. The summed E-state index contributed by atoms with van der Waals surface area (Å²) in [7, 11) is 0. The van der Waals surface area contributed by atoms with Gasteiger partial charge in [0.1, 0.15) is 6.67 Å². The molecule has 3 rings (SSSR count). The Kier molecular flexibility index (Phi) is 9.32. The van der Waals surface area contributed by atoms with Crippen LogP contribution in [0.25, 0.3) is 0 Å². The van der Waals surface area contributed by atoms with Gasteiger partial charge in [0, 0.05) is 18.9 Å². The summed E-state index contributed by atoms with van der Waals surface area (Å²) in [6.45, 7) is 2.63. The summed E-state index contributed by atoms with van der Waals surface area (Å²) in [6, 6.07) is 11.9. The number of carbonyl (C=O) groups is 1. The van der Waals surface area contributed by atoms with E-state index in [4.69, 9.17) is 0 Å². The van der Waals surface area contributed by atoms with Crippen LogP contribution in [-0.4, -0.2) is 28.1 Å². The van der Waals surface area contributed by atoms with Crippen LogP contribution in [0.4, 0.5) is 4.39 Å². The lowest BCUT2D eigenvalue weighted by Gasteiger charge is -2.35. The number of hydrogen-bond donors (Lipinski definition) is 1. The average molecular weight is 389 g/mol. The van der Waals surface area contributed by atoms with E-state index in [9.17, 15) is 9.18 Å². The van der Waals surface area contributed by atoms with Gasteiger partial charge in [0.05, 0.1) is 11.8 Å². The van der Waals surface area contributed by atoms with Crippen LogP contribution in [0, 0.1) is 0 Å². The quantitative estimate of drug-likeness (QED) is 0.717. The maximum Gasteiger partial charge on any atom is 0.232 e. The summed E-state index contributed by atoms with van der Waals surface area (Å²) in [5.41, 5.74) is 3.20. The van der Waals surface area contributed by atoms with E-state index in [-0.39, 0.29) is 24.4 Å². The second-order valence-corrected chi connectivity index (χ2v) is 7.06. The van der Waals surface area contributed by atoms with Gasteiger partial charge >= 0.3 is 0 Å². The molecule has 1 aromatic carbocycles. The second-order valence-electron chi connectivity index (χ2n) is 6.74. The van der Waals surface area contributed by atoms with Crippen LogP contribution in [-0.2, 0) is 17.9 Å². The van der Waals surface area contributed by atoms with Crippen molar-refractivity contribution in [3.63, 3.8) is 0 Å². The number of carbonyl (C=O) groups excluding carboxylic acids is 1. The van der Waals surface area contributed by atoms with E-state index < -0.39 is 0 Å². The number of thiol groups is 1. The first kappa shape index (κ1) is 21.4. The van der Waals surface area contributed by atoms with Gasteiger partial charge in [-0.05, 0) is 48.4 Å². The van der Waals surface area contributed by atoms with Crippen molar-refractivity contribution in [1.29, 1.82) is 0 Å². The molecule has 5 heteroatoms. The highest BCUT2D eigenvalue weighted by Gasteiger charge is 2.26. The summed E-state index contributed by atoms with van der Waals surface area (Å²) in [4.78, 5) is 17.8. The molecule has 3 nitrogen and oxygen atoms in total. The van der Waals surface area contributed by atoms with Crippen molar-refractivity contribution in [3.05, 3.63) is 65.5 Å². The van der Waals surface area contributed by atoms with E-state index in [1.807, 2.05) is 47.5 Å². The van der Waals surface area contributed by atoms with Gasteiger partial charge in [-0.25, -0.2) is 4.39 Å². The number of likely N-dealkylation sites (tertiary alicyclic amines) is 1. The summed E-state index contributed by atoms with van der Waals surface area (Å²) < 4.78 is 12.0. The number of rotatable bonds is 5. The Labute approximate surface area is 167 Å². The van der Waals surface area contributed by atoms with Gasteiger partial charge in [0.2, 0.25) is 5.91 Å². The highest BCUT2D eigenvalue weighted by molar-refractivity contribution is 7.81. The number of piperidine rings is 1. The molecular weight excluding hydrogens is 359 g/mol. The minimum Gasteiger partial charge on any atom is -0.335 e. The maximum absolute atomic E-state index is 12.0.